The number of carbonyl (C=O) groups is 2. The predicted octanol–water partition coefficient (Wildman–Crippen LogP) is 5.90. The predicted molar refractivity (Wildman–Crippen MR) is 164 cm³/mol. The summed E-state index contributed by atoms with van der Waals surface area (Å²) < 4.78 is 30.0. The Morgan fingerprint density at radius 1 is 0.950 bits per heavy atom. The Hall–Kier alpha value is -3.17. The van der Waals surface area contributed by atoms with Gasteiger partial charge in [-0.15, -0.1) is 0 Å². The molecule has 0 aliphatic heterocycles. The second kappa shape index (κ2) is 13.9. The van der Waals surface area contributed by atoms with Crippen molar-refractivity contribution in [3.8, 4) is 0 Å². The first-order valence-corrected chi connectivity index (χ1v) is 15.7. The molecule has 40 heavy (non-hydrogen) atoms. The molecule has 0 saturated carbocycles. The van der Waals surface area contributed by atoms with E-state index in [9.17, 15) is 18.0 Å². The van der Waals surface area contributed by atoms with Crippen molar-refractivity contribution in [1.29, 1.82) is 0 Å². The Bertz CT molecular complexity index is 1440. The molecule has 3 aromatic carbocycles. The monoisotopic (exact) mass is 627 g/mol. The summed E-state index contributed by atoms with van der Waals surface area (Å²) in [5, 5.41) is 2.90. The zero-order valence-corrected chi connectivity index (χ0v) is 26.2. The second-order valence-corrected chi connectivity index (χ2v) is 12.9. The number of carbonyl (C=O) groups excluding carboxylic acids is 2. The van der Waals surface area contributed by atoms with Crippen LogP contribution in [0.5, 0.6) is 0 Å². The Kier molecular flexibility index (Phi) is 10.9. The fourth-order valence-electron chi connectivity index (χ4n) is 4.29. The van der Waals surface area contributed by atoms with Gasteiger partial charge in [0.05, 0.1) is 10.6 Å². The third-order valence-corrected chi connectivity index (χ3v) is 9.03. The van der Waals surface area contributed by atoms with Gasteiger partial charge in [-0.3, -0.25) is 13.9 Å². The minimum atomic E-state index is -4.10. The summed E-state index contributed by atoms with van der Waals surface area (Å²) in [6, 6.07) is 18.8. The number of amides is 2. The molecule has 0 heterocycles. The summed E-state index contributed by atoms with van der Waals surface area (Å²) in [5.41, 5.74) is 3.76. The number of nitrogens with zero attached hydrogens (tertiary/aromatic N) is 2. The van der Waals surface area contributed by atoms with E-state index in [2.05, 4.69) is 21.2 Å². The van der Waals surface area contributed by atoms with Gasteiger partial charge in [-0.25, -0.2) is 8.42 Å². The highest BCUT2D eigenvalue weighted by atomic mass is 79.9. The number of benzene rings is 3. The first kappa shape index (κ1) is 31.4. The third kappa shape index (κ3) is 7.95. The summed E-state index contributed by atoms with van der Waals surface area (Å²) in [6.45, 7) is 9.49. The summed E-state index contributed by atoms with van der Waals surface area (Å²) in [4.78, 5) is 28.7. The normalized spacial score (nSPS) is 12.1. The molecular formula is C31H38BrN3O4S. The van der Waals surface area contributed by atoms with Crippen molar-refractivity contribution in [3.05, 3.63) is 93.5 Å². The average Bonchev–Trinajstić information content (AvgIpc) is 2.91. The van der Waals surface area contributed by atoms with E-state index in [1.54, 1.807) is 37.3 Å². The molecule has 214 valence electrons. The van der Waals surface area contributed by atoms with E-state index < -0.39 is 28.5 Å². The summed E-state index contributed by atoms with van der Waals surface area (Å²) in [7, 11) is -4.10. The minimum absolute atomic E-state index is 0.0932. The fourth-order valence-corrected chi connectivity index (χ4v) is 6.21. The van der Waals surface area contributed by atoms with Crippen LogP contribution in [-0.4, -0.2) is 44.3 Å². The van der Waals surface area contributed by atoms with Crippen LogP contribution in [-0.2, 0) is 26.2 Å². The summed E-state index contributed by atoms with van der Waals surface area (Å²) >= 11 is 3.47. The van der Waals surface area contributed by atoms with E-state index in [4.69, 9.17) is 0 Å². The van der Waals surface area contributed by atoms with Crippen LogP contribution >= 0.6 is 15.9 Å². The number of hydrogen-bond acceptors (Lipinski definition) is 4. The van der Waals surface area contributed by atoms with Crippen LogP contribution in [0.4, 0.5) is 5.69 Å². The number of nitrogens with one attached hydrogen (secondary N) is 1. The molecule has 1 N–H and O–H groups in total. The number of anilines is 1. The van der Waals surface area contributed by atoms with Crippen molar-refractivity contribution in [2.75, 3.05) is 17.4 Å². The van der Waals surface area contributed by atoms with Crippen molar-refractivity contribution in [2.24, 2.45) is 0 Å². The number of aryl methyl sites for hydroxylation is 3. The van der Waals surface area contributed by atoms with E-state index >= 15 is 0 Å². The lowest BCUT2D eigenvalue weighted by Gasteiger charge is -2.32. The van der Waals surface area contributed by atoms with Crippen LogP contribution in [0, 0.1) is 20.8 Å². The molecule has 0 aromatic heterocycles. The second-order valence-electron chi connectivity index (χ2n) is 10.1. The molecule has 0 aliphatic rings. The number of halogens is 1. The smallest absolute Gasteiger partial charge is 0.264 e. The molecule has 7 nitrogen and oxygen atoms in total. The molecule has 0 bridgehead atoms. The van der Waals surface area contributed by atoms with Gasteiger partial charge in [-0.05, 0) is 81.1 Å². The standard InChI is InChI=1S/C31H38BrN3O4S/c1-6-7-17-33-31(37)25(5)34(20-26-9-8-10-27(32)19-26)30(36)21-35(29-18-23(3)11-14-24(29)4)40(38,39)28-15-12-22(2)13-16-28/h8-16,18-19,25H,6-7,17,20-21H2,1-5H3,(H,33,37)/t25-/m0/s1. The lowest BCUT2D eigenvalue weighted by Crippen LogP contribution is -2.51. The molecule has 0 aliphatic carbocycles. The summed E-state index contributed by atoms with van der Waals surface area (Å²) in [5.74, 6) is -0.758. The fraction of sp³-hybridized carbons (Fsp3) is 0.355. The minimum Gasteiger partial charge on any atom is -0.354 e. The van der Waals surface area contributed by atoms with Crippen LogP contribution in [0.2, 0.25) is 0 Å². The Balaban J connectivity index is 2.04. The quantitative estimate of drug-likeness (QED) is 0.253. The molecule has 0 saturated heterocycles. The largest absolute Gasteiger partial charge is 0.354 e. The average molecular weight is 629 g/mol. The molecule has 0 fully saturated rings. The van der Waals surface area contributed by atoms with Crippen LogP contribution in [0.15, 0.2) is 76.1 Å². The van der Waals surface area contributed by atoms with Gasteiger partial charge in [0.1, 0.15) is 12.6 Å². The number of unbranched alkanes of at least 4 members (excludes halogenated alkanes) is 1. The number of hydrogen-bond donors (Lipinski definition) is 1. The Morgan fingerprint density at radius 2 is 1.62 bits per heavy atom. The molecule has 0 radical (unpaired) electrons. The van der Waals surface area contributed by atoms with Gasteiger partial charge in [-0.1, -0.05) is 71.2 Å². The van der Waals surface area contributed by atoms with Gasteiger partial charge in [0.15, 0.2) is 0 Å². The first-order valence-electron chi connectivity index (χ1n) is 13.4. The van der Waals surface area contributed by atoms with Crippen molar-refractivity contribution < 1.29 is 18.0 Å². The highest BCUT2D eigenvalue weighted by Gasteiger charge is 2.33. The molecule has 3 aromatic rings. The van der Waals surface area contributed by atoms with Crippen LogP contribution in [0.25, 0.3) is 0 Å². The van der Waals surface area contributed by atoms with E-state index in [0.717, 1.165) is 43.9 Å². The Morgan fingerprint density at radius 3 is 2.27 bits per heavy atom. The van der Waals surface area contributed by atoms with E-state index in [0.29, 0.717) is 12.2 Å². The molecular weight excluding hydrogens is 590 g/mol. The summed E-state index contributed by atoms with van der Waals surface area (Å²) in [6.07, 6.45) is 1.75. The molecule has 0 spiro atoms. The maximum absolute atomic E-state index is 14.0. The van der Waals surface area contributed by atoms with Gasteiger partial charge in [0.25, 0.3) is 10.0 Å². The molecule has 2 amide bonds. The van der Waals surface area contributed by atoms with Crippen LogP contribution < -0.4 is 9.62 Å². The van der Waals surface area contributed by atoms with Gasteiger partial charge >= 0.3 is 0 Å². The van der Waals surface area contributed by atoms with Crippen LogP contribution in [0.1, 0.15) is 48.9 Å². The molecule has 0 unspecified atom stereocenters. The van der Waals surface area contributed by atoms with Crippen LogP contribution in [0.3, 0.4) is 0 Å². The zero-order chi connectivity index (χ0) is 29.4. The van der Waals surface area contributed by atoms with E-state index in [1.165, 1.54) is 4.90 Å². The molecule has 3 rings (SSSR count). The van der Waals surface area contributed by atoms with Gasteiger partial charge < -0.3 is 10.2 Å². The van der Waals surface area contributed by atoms with Crippen molar-refractivity contribution in [3.63, 3.8) is 0 Å². The maximum atomic E-state index is 14.0. The van der Waals surface area contributed by atoms with E-state index in [-0.39, 0.29) is 17.3 Å². The number of rotatable bonds is 12. The van der Waals surface area contributed by atoms with Crippen molar-refractivity contribution in [2.45, 2.75) is 64.9 Å². The topological polar surface area (TPSA) is 86.8 Å². The van der Waals surface area contributed by atoms with Gasteiger partial charge in [0.2, 0.25) is 11.8 Å². The first-order chi connectivity index (χ1) is 18.9. The highest BCUT2D eigenvalue weighted by Crippen LogP contribution is 2.29. The van der Waals surface area contributed by atoms with Crippen molar-refractivity contribution in [1.82, 2.24) is 10.2 Å². The molecule has 1 atom stereocenters. The van der Waals surface area contributed by atoms with Gasteiger partial charge in [0, 0.05) is 17.6 Å². The molecule has 9 heteroatoms. The highest BCUT2D eigenvalue weighted by molar-refractivity contribution is 9.10. The Labute approximate surface area is 246 Å². The SMILES string of the molecule is CCCCNC(=O)[C@H](C)N(Cc1cccc(Br)c1)C(=O)CN(c1cc(C)ccc1C)S(=O)(=O)c1ccc(C)cc1. The van der Waals surface area contributed by atoms with E-state index in [1.807, 2.05) is 64.1 Å². The third-order valence-electron chi connectivity index (χ3n) is 6.76. The van der Waals surface area contributed by atoms with Gasteiger partial charge in [-0.2, -0.15) is 0 Å². The lowest BCUT2D eigenvalue weighted by molar-refractivity contribution is -0.139. The lowest BCUT2D eigenvalue weighted by atomic mass is 10.1. The maximum Gasteiger partial charge on any atom is 0.264 e. The van der Waals surface area contributed by atoms with Crippen molar-refractivity contribution >= 4 is 43.5 Å². The number of sulfonamides is 1. The zero-order valence-electron chi connectivity index (χ0n) is 23.8.